The van der Waals surface area contributed by atoms with Gasteiger partial charge < -0.3 is 0 Å². The quantitative estimate of drug-likeness (QED) is 0.681. The highest BCUT2D eigenvalue weighted by molar-refractivity contribution is 7.98. The molecule has 0 heterocycles. The zero-order chi connectivity index (χ0) is 9.03. The molecule has 0 aromatic rings. The highest BCUT2D eigenvalue weighted by Gasteiger charge is 2.32. The summed E-state index contributed by atoms with van der Waals surface area (Å²) in [5.74, 6) is 0. The Labute approximate surface area is 80.8 Å². The molecule has 1 rings (SSSR count). The topological polar surface area (TPSA) is 12.0 Å². The molecule has 0 spiro atoms. The monoisotopic (exact) mass is 187 g/mol. The first-order chi connectivity index (χ1) is 5.69. The van der Waals surface area contributed by atoms with Crippen LogP contribution in [-0.2, 0) is 0 Å². The molecule has 0 aromatic heterocycles. The molecular formula is C10H21NS. The van der Waals surface area contributed by atoms with Crippen LogP contribution in [0.1, 0.15) is 46.0 Å². The fourth-order valence-corrected chi connectivity index (χ4v) is 2.96. The minimum atomic E-state index is 0.589. The summed E-state index contributed by atoms with van der Waals surface area (Å²) in [6, 6.07) is 0. The summed E-state index contributed by atoms with van der Waals surface area (Å²) < 4.78 is 3.21. The summed E-state index contributed by atoms with van der Waals surface area (Å²) >= 11 is 1.89. The molecular weight excluding hydrogens is 166 g/mol. The number of nitrogens with one attached hydrogen (secondary N) is 1. The lowest BCUT2D eigenvalue weighted by Crippen LogP contribution is -2.31. The molecule has 0 aromatic carbocycles. The van der Waals surface area contributed by atoms with Crippen LogP contribution in [0.4, 0.5) is 0 Å². The van der Waals surface area contributed by atoms with Crippen molar-refractivity contribution in [2.45, 2.75) is 51.2 Å². The van der Waals surface area contributed by atoms with E-state index in [1.54, 1.807) is 0 Å². The second-order valence-electron chi connectivity index (χ2n) is 4.18. The van der Waals surface area contributed by atoms with E-state index in [4.69, 9.17) is 0 Å². The van der Waals surface area contributed by atoms with Gasteiger partial charge in [0.05, 0.1) is 0 Å². The SMILES string of the molecule is CNS[C@H](C)C1(C)CCCCC1. The largest absolute Gasteiger partial charge is 0.267 e. The lowest BCUT2D eigenvalue weighted by Gasteiger charge is -2.38. The van der Waals surface area contributed by atoms with Crippen LogP contribution in [0.5, 0.6) is 0 Å². The molecule has 0 unspecified atom stereocenters. The van der Waals surface area contributed by atoms with Gasteiger partial charge in [-0.15, -0.1) is 0 Å². The molecule has 2 heteroatoms. The molecule has 0 bridgehead atoms. The molecule has 1 aliphatic carbocycles. The van der Waals surface area contributed by atoms with Gasteiger partial charge in [0.2, 0.25) is 0 Å². The summed E-state index contributed by atoms with van der Waals surface area (Å²) in [5.41, 5.74) is 0.589. The minimum absolute atomic E-state index is 0.589. The predicted molar refractivity (Wildman–Crippen MR) is 57.3 cm³/mol. The van der Waals surface area contributed by atoms with Crippen molar-refractivity contribution in [3.63, 3.8) is 0 Å². The molecule has 1 fully saturated rings. The van der Waals surface area contributed by atoms with Gasteiger partial charge in [-0.2, -0.15) is 0 Å². The molecule has 1 saturated carbocycles. The Kier molecular flexibility index (Phi) is 3.91. The third-order valence-corrected chi connectivity index (χ3v) is 4.43. The molecule has 0 aliphatic heterocycles. The van der Waals surface area contributed by atoms with Gasteiger partial charge in [0.15, 0.2) is 0 Å². The average Bonchev–Trinajstić information content (AvgIpc) is 2.06. The van der Waals surface area contributed by atoms with Crippen LogP contribution in [0.15, 0.2) is 0 Å². The Balaban J connectivity index is 2.44. The highest BCUT2D eigenvalue weighted by Crippen LogP contribution is 2.42. The van der Waals surface area contributed by atoms with Gasteiger partial charge in [0, 0.05) is 5.25 Å². The second kappa shape index (κ2) is 4.52. The normalized spacial score (nSPS) is 25.2. The van der Waals surface area contributed by atoms with Crippen LogP contribution >= 0.6 is 11.9 Å². The Morgan fingerprint density at radius 3 is 2.33 bits per heavy atom. The molecule has 0 radical (unpaired) electrons. The molecule has 1 atom stereocenters. The van der Waals surface area contributed by atoms with E-state index in [-0.39, 0.29) is 0 Å². The zero-order valence-corrected chi connectivity index (χ0v) is 9.34. The van der Waals surface area contributed by atoms with E-state index in [0.29, 0.717) is 5.41 Å². The van der Waals surface area contributed by atoms with Gasteiger partial charge >= 0.3 is 0 Å². The van der Waals surface area contributed by atoms with Crippen LogP contribution < -0.4 is 4.72 Å². The van der Waals surface area contributed by atoms with Gasteiger partial charge in [0.25, 0.3) is 0 Å². The van der Waals surface area contributed by atoms with E-state index in [1.807, 2.05) is 19.0 Å². The van der Waals surface area contributed by atoms with Crippen molar-refractivity contribution in [3.8, 4) is 0 Å². The van der Waals surface area contributed by atoms with Gasteiger partial charge in [-0.3, -0.25) is 4.72 Å². The lowest BCUT2D eigenvalue weighted by atomic mass is 9.74. The summed E-state index contributed by atoms with van der Waals surface area (Å²) in [7, 11) is 2.02. The fraction of sp³-hybridized carbons (Fsp3) is 1.00. The van der Waals surface area contributed by atoms with Crippen LogP contribution in [0, 0.1) is 5.41 Å². The van der Waals surface area contributed by atoms with Crippen LogP contribution in [-0.4, -0.2) is 12.3 Å². The van der Waals surface area contributed by atoms with Crippen molar-refractivity contribution < 1.29 is 0 Å². The van der Waals surface area contributed by atoms with E-state index >= 15 is 0 Å². The smallest absolute Gasteiger partial charge is 0.0218 e. The third kappa shape index (κ3) is 2.40. The number of rotatable bonds is 3. The van der Waals surface area contributed by atoms with E-state index in [9.17, 15) is 0 Å². The van der Waals surface area contributed by atoms with Crippen molar-refractivity contribution in [2.75, 3.05) is 7.05 Å². The Bertz CT molecular complexity index is 130. The first kappa shape index (κ1) is 10.4. The Hall–Kier alpha value is 0.310. The van der Waals surface area contributed by atoms with Crippen molar-refractivity contribution in [3.05, 3.63) is 0 Å². The summed E-state index contributed by atoms with van der Waals surface area (Å²) in [6.45, 7) is 4.80. The Morgan fingerprint density at radius 2 is 1.83 bits per heavy atom. The summed E-state index contributed by atoms with van der Waals surface area (Å²) in [4.78, 5) is 0. The molecule has 1 N–H and O–H groups in total. The molecule has 0 saturated heterocycles. The fourth-order valence-electron chi connectivity index (χ4n) is 2.09. The van der Waals surface area contributed by atoms with E-state index in [2.05, 4.69) is 18.6 Å². The molecule has 1 aliphatic rings. The molecule has 1 nitrogen and oxygen atoms in total. The summed E-state index contributed by atoms with van der Waals surface area (Å²) in [6.07, 6.45) is 7.16. The zero-order valence-electron chi connectivity index (χ0n) is 8.52. The first-order valence-electron chi connectivity index (χ1n) is 5.01. The van der Waals surface area contributed by atoms with Crippen LogP contribution in [0.25, 0.3) is 0 Å². The Morgan fingerprint density at radius 1 is 1.25 bits per heavy atom. The van der Waals surface area contributed by atoms with E-state index < -0.39 is 0 Å². The molecule has 12 heavy (non-hydrogen) atoms. The minimum Gasteiger partial charge on any atom is -0.267 e. The summed E-state index contributed by atoms with van der Waals surface area (Å²) in [5, 5.41) is 0.753. The maximum atomic E-state index is 3.21. The first-order valence-corrected chi connectivity index (χ1v) is 5.89. The highest BCUT2D eigenvalue weighted by atomic mass is 32.2. The van der Waals surface area contributed by atoms with Crippen molar-refractivity contribution in [1.82, 2.24) is 4.72 Å². The van der Waals surface area contributed by atoms with Crippen LogP contribution in [0.3, 0.4) is 0 Å². The van der Waals surface area contributed by atoms with E-state index in [0.717, 1.165) is 5.25 Å². The molecule has 72 valence electrons. The van der Waals surface area contributed by atoms with Crippen molar-refractivity contribution >= 4 is 11.9 Å². The standard InChI is InChI=1S/C10H21NS/c1-9(12-11-3)10(2)7-5-4-6-8-10/h9,11H,4-8H2,1-3H3/t9-/m1/s1. The maximum absolute atomic E-state index is 3.21. The van der Waals surface area contributed by atoms with Crippen molar-refractivity contribution in [2.24, 2.45) is 5.41 Å². The average molecular weight is 187 g/mol. The van der Waals surface area contributed by atoms with E-state index in [1.165, 1.54) is 32.1 Å². The third-order valence-electron chi connectivity index (χ3n) is 3.27. The van der Waals surface area contributed by atoms with Crippen molar-refractivity contribution in [1.29, 1.82) is 0 Å². The maximum Gasteiger partial charge on any atom is 0.0218 e. The number of hydrogen-bond donors (Lipinski definition) is 1. The van der Waals surface area contributed by atoms with Crippen LogP contribution in [0.2, 0.25) is 0 Å². The van der Waals surface area contributed by atoms with Gasteiger partial charge in [-0.1, -0.05) is 45.1 Å². The van der Waals surface area contributed by atoms with Gasteiger partial charge in [-0.25, -0.2) is 0 Å². The number of hydrogen-bond acceptors (Lipinski definition) is 2. The van der Waals surface area contributed by atoms with Gasteiger partial charge in [-0.05, 0) is 25.3 Å². The molecule has 0 amide bonds. The predicted octanol–water partition coefficient (Wildman–Crippen LogP) is 3.21. The van der Waals surface area contributed by atoms with Gasteiger partial charge in [0.1, 0.15) is 0 Å². The second-order valence-corrected chi connectivity index (χ2v) is 5.53. The lowest BCUT2D eigenvalue weighted by molar-refractivity contribution is 0.216.